The monoisotopic (exact) mass is 460 g/mol. The molecule has 1 aliphatic carbocycles. The molecule has 2 aromatic rings. The van der Waals surface area contributed by atoms with E-state index < -0.39 is 6.04 Å². The van der Waals surface area contributed by atoms with E-state index >= 15 is 0 Å². The first kappa shape index (κ1) is 23.6. The van der Waals surface area contributed by atoms with Gasteiger partial charge in [-0.25, -0.2) is 0 Å². The third kappa shape index (κ3) is 6.72. The molecule has 1 unspecified atom stereocenters. The second-order valence-electron chi connectivity index (χ2n) is 8.44. The summed E-state index contributed by atoms with van der Waals surface area (Å²) in [5, 5.41) is 4.17. The van der Waals surface area contributed by atoms with Crippen molar-refractivity contribution in [1.29, 1.82) is 0 Å². The highest BCUT2D eigenvalue weighted by atomic mass is 35.5. The normalized spacial score (nSPS) is 15.4. The molecule has 166 valence electrons. The smallest absolute Gasteiger partial charge is 0.242 e. The van der Waals surface area contributed by atoms with Crippen LogP contribution in [0.2, 0.25) is 10.0 Å². The van der Waals surface area contributed by atoms with Crippen LogP contribution in [-0.2, 0) is 22.6 Å². The fourth-order valence-electron chi connectivity index (χ4n) is 3.97. The van der Waals surface area contributed by atoms with Crippen molar-refractivity contribution in [3.8, 4) is 0 Å². The van der Waals surface area contributed by atoms with Crippen LogP contribution < -0.4 is 5.32 Å². The van der Waals surface area contributed by atoms with Gasteiger partial charge in [0.2, 0.25) is 11.8 Å². The van der Waals surface area contributed by atoms with E-state index in [2.05, 4.69) is 5.32 Å². The highest BCUT2D eigenvalue weighted by Gasteiger charge is 2.28. The van der Waals surface area contributed by atoms with E-state index in [9.17, 15) is 9.59 Å². The number of rotatable bonds is 7. The molecular weight excluding hydrogens is 431 g/mol. The Morgan fingerprint density at radius 2 is 1.74 bits per heavy atom. The summed E-state index contributed by atoms with van der Waals surface area (Å²) in [6.45, 7) is 4.05. The second-order valence-corrected chi connectivity index (χ2v) is 9.28. The Morgan fingerprint density at radius 3 is 2.39 bits per heavy atom. The molecule has 3 rings (SSSR count). The van der Waals surface area contributed by atoms with Crippen LogP contribution in [0.5, 0.6) is 0 Å². The number of nitrogens with zero attached hydrogens (tertiary/aromatic N) is 1. The zero-order valence-electron chi connectivity index (χ0n) is 18.2. The minimum atomic E-state index is -0.605. The molecule has 0 heterocycles. The Hall–Kier alpha value is -2.04. The zero-order chi connectivity index (χ0) is 22.4. The average Bonchev–Trinajstić information content (AvgIpc) is 2.75. The SMILES string of the molecule is Cc1ccc(CC(=O)N(Cc2ccc(Cl)cc2Cl)C(C)C(=O)NC2CCCCC2)cc1. The maximum Gasteiger partial charge on any atom is 0.242 e. The van der Waals surface area contributed by atoms with Gasteiger partial charge in [-0.2, -0.15) is 0 Å². The first-order valence-corrected chi connectivity index (χ1v) is 11.7. The molecule has 1 saturated carbocycles. The molecule has 2 aromatic carbocycles. The van der Waals surface area contributed by atoms with Gasteiger partial charge in [-0.1, -0.05) is 78.4 Å². The standard InChI is InChI=1S/C25H30Cl2N2O2/c1-17-8-10-19(11-9-17)14-24(30)29(16-20-12-13-21(26)15-23(20)27)18(2)25(31)28-22-6-4-3-5-7-22/h8-13,15,18,22H,3-7,14,16H2,1-2H3,(H,28,31). The van der Waals surface area contributed by atoms with E-state index in [1.54, 1.807) is 24.0 Å². The van der Waals surface area contributed by atoms with Crippen molar-refractivity contribution >= 4 is 35.0 Å². The summed E-state index contributed by atoms with van der Waals surface area (Å²) >= 11 is 12.4. The average molecular weight is 461 g/mol. The van der Waals surface area contributed by atoms with Crippen LogP contribution >= 0.6 is 23.2 Å². The molecular formula is C25H30Cl2N2O2. The summed E-state index contributed by atoms with van der Waals surface area (Å²) in [6.07, 6.45) is 5.72. The van der Waals surface area contributed by atoms with Crippen LogP contribution in [0, 0.1) is 6.92 Å². The highest BCUT2D eigenvalue weighted by molar-refractivity contribution is 6.35. The Balaban J connectivity index is 1.78. The van der Waals surface area contributed by atoms with E-state index in [0.29, 0.717) is 10.0 Å². The molecule has 1 fully saturated rings. The quantitative estimate of drug-likeness (QED) is 0.574. The summed E-state index contributed by atoms with van der Waals surface area (Å²) in [6, 6.07) is 12.7. The Morgan fingerprint density at radius 1 is 1.06 bits per heavy atom. The van der Waals surface area contributed by atoms with Gasteiger partial charge in [-0.3, -0.25) is 9.59 Å². The Bertz CT molecular complexity index is 908. The van der Waals surface area contributed by atoms with Crippen LogP contribution in [0.3, 0.4) is 0 Å². The minimum Gasteiger partial charge on any atom is -0.352 e. The molecule has 0 aromatic heterocycles. The van der Waals surface area contributed by atoms with Crippen molar-refractivity contribution in [2.24, 2.45) is 0 Å². The number of amides is 2. The van der Waals surface area contributed by atoms with E-state index in [4.69, 9.17) is 23.2 Å². The molecule has 31 heavy (non-hydrogen) atoms. The van der Waals surface area contributed by atoms with Gasteiger partial charge in [0.1, 0.15) is 6.04 Å². The van der Waals surface area contributed by atoms with Crippen LogP contribution in [0.4, 0.5) is 0 Å². The summed E-state index contributed by atoms with van der Waals surface area (Å²) < 4.78 is 0. The Labute approximate surface area is 194 Å². The van der Waals surface area contributed by atoms with Crippen LogP contribution in [0.1, 0.15) is 55.7 Å². The predicted octanol–water partition coefficient (Wildman–Crippen LogP) is 5.71. The lowest BCUT2D eigenvalue weighted by Crippen LogP contribution is -2.50. The third-order valence-corrected chi connectivity index (χ3v) is 6.54. The zero-order valence-corrected chi connectivity index (χ0v) is 19.7. The Kier molecular flexibility index (Phi) is 8.39. The number of benzene rings is 2. The van der Waals surface area contributed by atoms with Crippen molar-refractivity contribution in [3.05, 3.63) is 69.2 Å². The molecule has 1 aliphatic rings. The van der Waals surface area contributed by atoms with Gasteiger partial charge >= 0.3 is 0 Å². The largest absolute Gasteiger partial charge is 0.352 e. The predicted molar refractivity (Wildman–Crippen MR) is 126 cm³/mol. The maximum absolute atomic E-state index is 13.3. The first-order valence-electron chi connectivity index (χ1n) is 10.9. The van der Waals surface area contributed by atoms with Gasteiger partial charge in [-0.15, -0.1) is 0 Å². The van der Waals surface area contributed by atoms with E-state index in [1.807, 2.05) is 37.3 Å². The van der Waals surface area contributed by atoms with E-state index in [1.165, 1.54) is 6.42 Å². The first-order chi connectivity index (χ1) is 14.8. The number of aryl methyl sites for hydroxylation is 1. The number of nitrogens with one attached hydrogen (secondary N) is 1. The fraction of sp³-hybridized carbons (Fsp3) is 0.440. The van der Waals surface area contributed by atoms with Crippen LogP contribution in [-0.4, -0.2) is 28.8 Å². The summed E-state index contributed by atoms with van der Waals surface area (Å²) in [5.74, 6) is -0.226. The molecule has 6 heteroatoms. The molecule has 0 bridgehead atoms. The van der Waals surface area contributed by atoms with Crippen molar-refractivity contribution in [3.63, 3.8) is 0 Å². The molecule has 0 saturated heterocycles. The molecule has 1 N–H and O–H groups in total. The van der Waals surface area contributed by atoms with Gasteiger partial charge < -0.3 is 10.2 Å². The number of halogens is 2. The summed E-state index contributed by atoms with van der Waals surface area (Å²) in [5.41, 5.74) is 2.82. The van der Waals surface area contributed by atoms with Gasteiger partial charge in [0.25, 0.3) is 0 Å². The van der Waals surface area contributed by atoms with Gasteiger partial charge in [0, 0.05) is 22.6 Å². The van der Waals surface area contributed by atoms with Crippen molar-refractivity contribution in [2.45, 2.75) is 71.0 Å². The summed E-state index contributed by atoms with van der Waals surface area (Å²) in [4.78, 5) is 27.9. The van der Waals surface area contributed by atoms with Crippen molar-refractivity contribution in [2.75, 3.05) is 0 Å². The summed E-state index contributed by atoms with van der Waals surface area (Å²) in [7, 11) is 0. The van der Waals surface area contributed by atoms with E-state index in [-0.39, 0.29) is 30.8 Å². The lowest BCUT2D eigenvalue weighted by Gasteiger charge is -2.31. The van der Waals surface area contributed by atoms with E-state index in [0.717, 1.165) is 42.4 Å². The van der Waals surface area contributed by atoms with Crippen LogP contribution in [0.15, 0.2) is 42.5 Å². The van der Waals surface area contributed by atoms with Gasteiger partial charge in [-0.05, 0) is 49.9 Å². The number of hydrogen-bond donors (Lipinski definition) is 1. The van der Waals surface area contributed by atoms with Crippen molar-refractivity contribution in [1.82, 2.24) is 10.2 Å². The lowest BCUT2D eigenvalue weighted by atomic mass is 9.95. The topological polar surface area (TPSA) is 49.4 Å². The molecule has 4 nitrogen and oxygen atoms in total. The highest BCUT2D eigenvalue weighted by Crippen LogP contribution is 2.24. The molecule has 2 amide bonds. The molecule has 1 atom stereocenters. The third-order valence-electron chi connectivity index (χ3n) is 5.95. The van der Waals surface area contributed by atoms with Crippen LogP contribution in [0.25, 0.3) is 0 Å². The van der Waals surface area contributed by atoms with Gasteiger partial charge in [0.15, 0.2) is 0 Å². The fourth-order valence-corrected chi connectivity index (χ4v) is 4.44. The lowest BCUT2D eigenvalue weighted by molar-refractivity contribution is -0.140. The number of carbonyl (C=O) groups is 2. The van der Waals surface area contributed by atoms with Gasteiger partial charge in [0.05, 0.1) is 6.42 Å². The number of carbonyl (C=O) groups excluding carboxylic acids is 2. The second kappa shape index (κ2) is 11.0. The molecule has 0 spiro atoms. The molecule has 0 radical (unpaired) electrons. The molecule has 0 aliphatic heterocycles. The minimum absolute atomic E-state index is 0.110. The maximum atomic E-state index is 13.3. The number of hydrogen-bond acceptors (Lipinski definition) is 2. The van der Waals surface area contributed by atoms with Crippen molar-refractivity contribution < 1.29 is 9.59 Å².